The second-order valence-corrected chi connectivity index (χ2v) is 7.14. The topological polar surface area (TPSA) is 15.3 Å². The highest BCUT2D eigenvalue weighted by atomic mass is 15.1. The fraction of sp³-hybridized carbons (Fsp3) is 0.684. The van der Waals surface area contributed by atoms with Gasteiger partial charge >= 0.3 is 0 Å². The van der Waals surface area contributed by atoms with Gasteiger partial charge in [-0.15, -0.1) is 0 Å². The molecule has 0 saturated heterocycles. The molecule has 3 rings (SSSR count). The summed E-state index contributed by atoms with van der Waals surface area (Å²) in [5.74, 6) is 1.81. The van der Waals surface area contributed by atoms with Crippen molar-refractivity contribution >= 4 is 5.69 Å². The summed E-state index contributed by atoms with van der Waals surface area (Å²) in [4.78, 5) is 2.56. The highest BCUT2D eigenvalue weighted by molar-refractivity contribution is 5.57. The highest BCUT2D eigenvalue weighted by Crippen LogP contribution is 2.29. The summed E-state index contributed by atoms with van der Waals surface area (Å²) in [6.07, 6.45) is 6.63. The first-order valence-electron chi connectivity index (χ1n) is 8.80. The van der Waals surface area contributed by atoms with E-state index in [1.165, 1.54) is 63.0 Å². The Kier molecular flexibility index (Phi) is 4.84. The molecule has 0 amide bonds. The third-order valence-corrected chi connectivity index (χ3v) is 5.62. The molecule has 21 heavy (non-hydrogen) atoms. The number of hydrogen-bond acceptors (Lipinski definition) is 2. The molecule has 1 aromatic rings. The van der Waals surface area contributed by atoms with E-state index in [0.29, 0.717) is 0 Å². The number of anilines is 1. The quantitative estimate of drug-likeness (QED) is 0.827. The summed E-state index contributed by atoms with van der Waals surface area (Å²) in [7, 11) is 0. The van der Waals surface area contributed by atoms with Crippen LogP contribution < -0.4 is 10.2 Å². The van der Waals surface area contributed by atoms with Crippen molar-refractivity contribution in [2.24, 2.45) is 11.8 Å². The Balaban J connectivity index is 1.38. The van der Waals surface area contributed by atoms with Crippen molar-refractivity contribution < 1.29 is 0 Å². The number of hydrogen-bond donors (Lipinski definition) is 1. The van der Waals surface area contributed by atoms with E-state index in [9.17, 15) is 0 Å². The minimum atomic E-state index is 0.766. The Morgan fingerprint density at radius 2 is 2.00 bits per heavy atom. The minimum absolute atomic E-state index is 0.766. The van der Waals surface area contributed by atoms with Gasteiger partial charge in [-0.1, -0.05) is 32.0 Å². The maximum atomic E-state index is 3.79. The molecule has 0 radical (unpaired) electrons. The molecular formula is C19H30N2. The van der Waals surface area contributed by atoms with Gasteiger partial charge in [0.05, 0.1) is 0 Å². The molecular weight excluding hydrogens is 256 g/mol. The molecule has 2 heteroatoms. The Hall–Kier alpha value is -1.02. The monoisotopic (exact) mass is 286 g/mol. The molecule has 1 heterocycles. The van der Waals surface area contributed by atoms with Crippen LogP contribution in [0.5, 0.6) is 0 Å². The minimum Gasteiger partial charge on any atom is -0.371 e. The summed E-state index contributed by atoms with van der Waals surface area (Å²) in [6.45, 7) is 8.40. The molecule has 1 aliphatic carbocycles. The Labute approximate surface area is 129 Å². The maximum absolute atomic E-state index is 3.79. The van der Waals surface area contributed by atoms with Crippen LogP contribution in [0.2, 0.25) is 0 Å². The zero-order valence-electron chi connectivity index (χ0n) is 13.6. The number of nitrogens with zero attached hydrogens (tertiary/aromatic N) is 1. The standard InChI is InChI=1S/C19H30N2/c1-15-8-9-18(14-16(15)2)20-11-5-12-21-13-10-17-6-3-4-7-19(17)21/h3-4,6-7,15-16,18,20H,5,8-14H2,1-2H3. The summed E-state index contributed by atoms with van der Waals surface area (Å²) < 4.78 is 0. The number of benzene rings is 1. The predicted octanol–water partition coefficient (Wildman–Crippen LogP) is 3.85. The van der Waals surface area contributed by atoms with E-state index in [4.69, 9.17) is 0 Å². The van der Waals surface area contributed by atoms with E-state index in [0.717, 1.165) is 17.9 Å². The van der Waals surface area contributed by atoms with Crippen molar-refractivity contribution in [3.8, 4) is 0 Å². The van der Waals surface area contributed by atoms with Crippen LogP contribution in [-0.4, -0.2) is 25.7 Å². The first-order valence-corrected chi connectivity index (χ1v) is 8.80. The smallest absolute Gasteiger partial charge is 0.0399 e. The molecule has 1 N–H and O–H groups in total. The Morgan fingerprint density at radius 1 is 1.14 bits per heavy atom. The van der Waals surface area contributed by atoms with Crippen molar-refractivity contribution in [3.05, 3.63) is 29.8 Å². The van der Waals surface area contributed by atoms with E-state index in [1.807, 2.05) is 0 Å². The lowest BCUT2D eigenvalue weighted by Crippen LogP contribution is -2.37. The normalized spacial score (nSPS) is 28.7. The third kappa shape index (κ3) is 3.60. The van der Waals surface area contributed by atoms with Gasteiger partial charge in [-0.2, -0.15) is 0 Å². The Morgan fingerprint density at radius 3 is 2.86 bits per heavy atom. The summed E-state index contributed by atoms with van der Waals surface area (Å²) >= 11 is 0. The summed E-state index contributed by atoms with van der Waals surface area (Å²) in [6, 6.07) is 9.65. The first kappa shape index (κ1) is 14.9. The van der Waals surface area contributed by atoms with Gasteiger partial charge in [0.1, 0.15) is 0 Å². The summed E-state index contributed by atoms with van der Waals surface area (Å²) in [5, 5.41) is 3.79. The zero-order chi connectivity index (χ0) is 14.7. The van der Waals surface area contributed by atoms with Gasteiger partial charge in [0.25, 0.3) is 0 Å². The van der Waals surface area contributed by atoms with E-state index in [2.05, 4.69) is 48.3 Å². The second-order valence-electron chi connectivity index (χ2n) is 7.14. The number of fused-ring (bicyclic) bond motifs is 1. The molecule has 1 fully saturated rings. The molecule has 1 saturated carbocycles. The van der Waals surface area contributed by atoms with Gasteiger partial charge in [-0.3, -0.25) is 0 Å². The molecule has 0 bridgehead atoms. The lowest BCUT2D eigenvalue weighted by Gasteiger charge is -2.32. The number of para-hydroxylation sites is 1. The van der Waals surface area contributed by atoms with Gasteiger partial charge in [-0.25, -0.2) is 0 Å². The molecule has 0 aromatic heterocycles. The van der Waals surface area contributed by atoms with E-state index >= 15 is 0 Å². The molecule has 2 nitrogen and oxygen atoms in total. The van der Waals surface area contributed by atoms with Crippen LogP contribution in [0.15, 0.2) is 24.3 Å². The van der Waals surface area contributed by atoms with Gasteiger partial charge < -0.3 is 10.2 Å². The van der Waals surface area contributed by atoms with Crippen LogP contribution in [0.1, 0.15) is 45.1 Å². The van der Waals surface area contributed by atoms with E-state index in [1.54, 1.807) is 0 Å². The largest absolute Gasteiger partial charge is 0.371 e. The predicted molar refractivity (Wildman–Crippen MR) is 90.9 cm³/mol. The fourth-order valence-corrected chi connectivity index (χ4v) is 3.95. The van der Waals surface area contributed by atoms with Gasteiger partial charge in [0.2, 0.25) is 0 Å². The Bertz CT molecular complexity index is 457. The average molecular weight is 286 g/mol. The number of rotatable bonds is 5. The van der Waals surface area contributed by atoms with E-state index in [-0.39, 0.29) is 0 Å². The molecule has 0 spiro atoms. The van der Waals surface area contributed by atoms with Crippen molar-refractivity contribution in [1.82, 2.24) is 5.32 Å². The van der Waals surface area contributed by atoms with Crippen molar-refractivity contribution in [2.75, 3.05) is 24.5 Å². The molecule has 3 atom stereocenters. The lowest BCUT2D eigenvalue weighted by molar-refractivity contribution is 0.226. The van der Waals surface area contributed by atoms with Gasteiger partial charge in [0, 0.05) is 24.8 Å². The molecule has 1 aliphatic heterocycles. The van der Waals surface area contributed by atoms with Crippen LogP contribution in [-0.2, 0) is 6.42 Å². The van der Waals surface area contributed by atoms with Crippen LogP contribution in [0.3, 0.4) is 0 Å². The first-order chi connectivity index (χ1) is 10.2. The van der Waals surface area contributed by atoms with Crippen molar-refractivity contribution in [3.63, 3.8) is 0 Å². The van der Waals surface area contributed by atoms with Crippen LogP contribution in [0.4, 0.5) is 5.69 Å². The van der Waals surface area contributed by atoms with Crippen LogP contribution in [0, 0.1) is 11.8 Å². The van der Waals surface area contributed by atoms with E-state index < -0.39 is 0 Å². The van der Waals surface area contributed by atoms with Gasteiger partial charge in [-0.05, 0) is 62.1 Å². The van der Waals surface area contributed by atoms with Crippen LogP contribution in [0.25, 0.3) is 0 Å². The molecule has 1 aromatic carbocycles. The zero-order valence-corrected chi connectivity index (χ0v) is 13.6. The van der Waals surface area contributed by atoms with Crippen LogP contribution >= 0.6 is 0 Å². The summed E-state index contributed by atoms with van der Waals surface area (Å²) in [5.41, 5.74) is 3.00. The molecule has 2 aliphatic rings. The highest BCUT2D eigenvalue weighted by Gasteiger charge is 2.24. The molecule has 3 unspecified atom stereocenters. The van der Waals surface area contributed by atoms with Crippen molar-refractivity contribution in [1.29, 1.82) is 0 Å². The lowest BCUT2D eigenvalue weighted by atomic mass is 9.79. The third-order valence-electron chi connectivity index (χ3n) is 5.62. The number of nitrogens with one attached hydrogen (secondary N) is 1. The van der Waals surface area contributed by atoms with Gasteiger partial charge in [0.15, 0.2) is 0 Å². The average Bonchev–Trinajstić information content (AvgIpc) is 2.91. The molecule has 116 valence electrons. The maximum Gasteiger partial charge on any atom is 0.0399 e. The SMILES string of the molecule is CC1CCC(NCCCN2CCc3ccccc32)CC1C. The fourth-order valence-electron chi connectivity index (χ4n) is 3.95. The van der Waals surface area contributed by atoms with Crippen molar-refractivity contribution in [2.45, 2.75) is 52.0 Å². The second kappa shape index (κ2) is 6.83.